The van der Waals surface area contributed by atoms with Crippen LogP contribution in [0.25, 0.3) is 11.8 Å². The Hall–Kier alpha value is -2.84. The van der Waals surface area contributed by atoms with Crippen LogP contribution in [0.2, 0.25) is 0 Å². The normalized spacial score (nSPS) is 15.1. The van der Waals surface area contributed by atoms with E-state index < -0.39 is 0 Å². The minimum atomic E-state index is -0.202. The van der Waals surface area contributed by atoms with Crippen molar-refractivity contribution < 1.29 is 0 Å². The number of nitriles is 1. The highest BCUT2D eigenvalue weighted by molar-refractivity contribution is 5.77. The SMILES string of the molecule is C=CCN1C(C=C)=C(CN(C)C(C)C#N)C(=C)n2nc(C=C)cc21. The Balaban J connectivity index is 2.55. The molecule has 2 heterocycles. The standard InChI is InChI=1S/C19H23N5/c1-7-10-23-18(9-3)17(13-22(6)14(4)12-20)15(5)24-19(23)11-16(8-2)21-24/h7-9,11,14H,1-3,5,10,13H2,4,6H3. The molecule has 1 aliphatic rings. The van der Waals surface area contributed by atoms with Crippen molar-refractivity contribution in [2.24, 2.45) is 0 Å². The number of hydrogen-bond acceptors (Lipinski definition) is 4. The van der Waals surface area contributed by atoms with Crippen LogP contribution in [0, 0.1) is 11.3 Å². The van der Waals surface area contributed by atoms with Crippen molar-refractivity contribution in [2.75, 3.05) is 25.0 Å². The number of anilines is 1. The summed E-state index contributed by atoms with van der Waals surface area (Å²) in [4.78, 5) is 4.06. The molecule has 5 heteroatoms. The van der Waals surface area contributed by atoms with E-state index in [1.807, 2.05) is 41.8 Å². The fourth-order valence-corrected chi connectivity index (χ4v) is 2.65. The van der Waals surface area contributed by atoms with Crippen molar-refractivity contribution in [3.8, 4) is 6.07 Å². The van der Waals surface area contributed by atoms with E-state index in [1.54, 1.807) is 6.08 Å². The molecule has 0 fully saturated rings. The van der Waals surface area contributed by atoms with E-state index in [0.29, 0.717) is 13.1 Å². The predicted molar refractivity (Wildman–Crippen MR) is 100 cm³/mol. The molecule has 124 valence electrons. The zero-order valence-corrected chi connectivity index (χ0v) is 14.4. The van der Waals surface area contributed by atoms with Crippen molar-refractivity contribution in [3.63, 3.8) is 0 Å². The van der Waals surface area contributed by atoms with Crippen molar-refractivity contribution in [2.45, 2.75) is 13.0 Å². The highest BCUT2D eigenvalue weighted by atomic mass is 15.4. The lowest BCUT2D eigenvalue weighted by Gasteiger charge is -2.34. The first kappa shape index (κ1) is 17.5. The molecule has 1 aromatic heterocycles. The topological polar surface area (TPSA) is 48.1 Å². The number of allylic oxidation sites excluding steroid dienone is 1. The number of rotatable bonds is 7. The summed E-state index contributed by atoms with van der Waals surface area (Å²) >= 11 is 0. The first-order chi connectivity index (χ1) is 11.5. The van der Waals surface area contributed by atoms with Crippen LogP contribution in [-0.4, -0.2) is 40.9 Å². The average molecular weight is 321 g/mol. The third-order valence-corrected chi connectivity index (χ3v) is 4.16. The molecular weight excluding hydrogens is 298 g/mol. The molecule has 0 aromatic carbocycles. The van der Waals surface area contributed by atoms with E-state index in [9.17, 15) is 0 Å². The van der Waals surface area contributed by atoms with E-state index >= 15 is 0 Å². The molecular formula is C19H23N5. The molecule has 0 amide bonds. The summed E-state index contributed by atoms with van der Waals surface area (Å²) in [5, 5.41) is 13.7. The second-order valence-electron chi connectivity index (χ2n) is 5.68. The Labute approximate surface area is 143 Å². The molecule has 24 heavy (non-hydrogen) atoms. The van der Waals surface area contributed by atoms with Crippen LogP contribution in [0.1, 0.15) is 12.6 Å². The monoisotopic (exact) mass is 321 g/mol. The smallest absolute Gasteiger partial charge is 0.137 e. The van der Waals surface area contributed by atoms with Gasteiger partial charge in [-0.05, 0) is 26.1 Å². The van der Waals surface area contributed by atoms with Gasteiger partial charge in [0.15, 0.2) is 0 Å². The molecule has 0 radical (unpaired) electrons. The maximum Gasteiger partial charge on any atom is 0.137 e. The van der Waals surface area contributed by atoms with E-state index in [-0.39, 0.29) is 6.04 Å². The van der Waals surface area contributed by atoms with Gasteiger partial charge in [-0.2, -0.15) is 10.4 Å². The molecule has 2 rings (SSSR count). The molecule has 0 bridgehead atoms. The number of likely N-dealkylation sites (N-methyl/N-ethyl adjacent to an activating group) is 1. The lowest BCUT2D eigenvalue weighted by molar-refractivity contribution is 0.329. The van der Waals surface area contributed by atoms with Gasteiger partial charge >= 0.3 is 0 Å². The first-order valence-corrected chi connectivity index (χ1v) is 7.74. The lowest BCUT2D eigenvalue weighted by atomic mass is 10.1. The summed E-state index contributed by atoms with van der Waals surface area (Å²) < 4.78 is 1.81. The number of fused-ring (bicyclic) bond motifs is 1. The first-order valence-electron chi connectivity index (χ1n) is 7.74. The van der Waals surface area contributed by atoms with E-state index in [1.165, 1.54) is 0 Å². The summed E-state index contributed by atoms with van der Waals surface area (Å²) in [6.45, 7) is 18.9. The molecule has 1 aromatic rings. The summed E-state index contributed by atoms with van der Waals surface area (Å²) in [6, 6.07) is 4.01. The number of nitrogens with zero attached hydrogens (tertiary/aromatic N) is 5. The predicted octanol–water partition coefficient (Wildman–Crippen LogP) is 3.29. The van der Waals surface area contributed by atoms with Gasteiger partial charge in [0.05, 0.1) is 23.5 Å². The molecule has 0 saturated heterocycles. The van der Waals surface area contributed by atoms with Crippen LogP contribution in [0.4, 0.5) is 5.82 Å². The Bertz CT molecular complexity index is 759. The molecule has 0 saturated carbocycles. The van der Waals surface area contributed by atoms with Gasteiger partial charge in [-0.25, -0.2) is 4.68 Å². The zero-order valence-electron chi connectivity index (χ0n) is 14.4. The fourth-order valence-electron chi connectivity index (χ4n) is 2.65. The highest BCUT2D eigenvalue weighted by Crippen LogP contribution is 2.35. The third-order valence-electron chi connectivity index (χ3n) is 4.16. The molecule has 1 atom stereocenters. The maximum atomic E-state index is 9.15. The Morgan fingerprint density at radius 2 is 2.08 bits per heavy atom. The molecule has 0 N–H and O–H groups in total. The summed E-state index contributed by atoms with van der Waals surface area (Å²) in [6.07, 6.45) is 5.36. The van der Waals surface area contributed by atoms with Gasteiger partial charge in [-0.3, -0.25) is 4.90 Å². The molecule has 1 unspecified atom stereocenters. The van der Waals surface area contributed by atoms with E-state index in [0.717, 1.165) is 28.5 Å². The molecule has 0 spiro atoms. The molecule has 0 aliphatic carbocycles. The molecule has 1 aliphatic heterocycles. The van der Waals surface area contributed by atoms with Gasteiger partial charge in [0.1, 0.15) is 5.82 Å². The van der Waals surface area contributed by atoms with Crippen LogP contribution in [0.3, 0.4) is 0 Å². The average Bonchev–Trinajstić information content (AvgIpc) is 3.03. The van der Waals surface area contributed by atoms with Crippen LogP contribution in [0.5, 0.6) is 0 Å². The molecule has 5 nitrogen and oxygen atoms in total. The van der Waals surface area contributed by atoms with Crippen molar-refractivity contribution in [1.82, 2.24) is 14.7 Å². The van der Waals surface area contributed by atoms with Crippen molar-refractivity contribution in [1.29, 1.82) is 5.26 Å². The second kappa shape index (κ2) is 7.16. The minimum Gasteiger partial charge on any atom is -0.322 e. The number of hydrogen-bond donors (Lipinski definition) is 0. The highest BCUT2D eigenvalue weighted by Gasteiger charge is 2.28. The quantitative estimate of drug-likeness (QED) is 0.723. The largest absolute Gasteiger partial charge is 0.322 e. The lowest BCUT2D eigenvalue weighted by Crippen LogP contribution is -2.36. The fraction of sp³-hybridized carbons (Fsp3) is 0.263. The minimum absolute atomic E-state index is 0.202. The van der Waals surface area contributed by atoms with Crippen LogP contribution < -0.4 is 4.90 Å². The van der Waals surface area contributed by atoms with Gasteiger partial charge in [0.2, 0.25) is 0 Å². The van der Waals surface area contributed by atoms with E-state index in [4.69, 9.17) is 5.26 Å². The van der Waals surface area contributed by atoms with Gasteiger partial charge < -0.3 is 4.90 Å². The van der Waals surface area contributed by atoms with Gasteiger partial charge in [0.25, 0.3) is 0 Å². The van der Waals surface area contributed by atoms with Gasteiger partial charge in [-0.1, -0.05) is 25.8 Å². The Kier molecular flexibility index (Phi) is 5.22. The van der Waals surface area contributed by atoms with Gasteiger partial charge in [0, 0.05) is 30.4 Å². The zero-order chi connectivity index (χ0) is 17.9. The van der Waals surface area contributed by atoms with Crippen molar-refractivity contribution in [3.05, 3.63) is 61.5 Å². The van der Waals surface area contributed by atoms with Gasteiger partial charge in [-0.15, -0.1) is 6.58 Å². The summed E-state index contributed by atoms with van der Waals surface area (Å²) in [5.74, 6) is 0.907. The maximum absolute atomic E-state index is 9.15. The summed E-state index contributed by atoms with van der Waals surface area (Å²) in [5.41, 5.74) is 3.51. The van der Waals surface area contributed by atoms with Crippen LogP contribution in [0.15, 0.2) is 55.8 Å². The van der Waals surface area contributed by atoms with E-state index in [2.05, 4.69) is 42.4 Å². The Morgan fingerprint density at radius 3 is 2.62 bits per heavy atom. The van der Waals surface area contributed by atoms with Crippen molar-refractivity contribution >= 4 is 17.6 Å². The second-order valence-corrected chi connectivity index (χ2v) is 5.68. The Morgan fingerprint density at radius 1 is 1.38 bits per heavy atom. The summed E-state index contributed by atoms with van der Waals surface area (Å²) in [7, 11) is 1.92. The third kappa shape index (κ3) is 2.97. The number of aromatic nitrogens is 2. The van der Waals surface area contributed by atoms with Crippen LogP contribution >= 0.6 is 0 Å². The van der Waals surface area contributed by atoms with Crippen LogP contribution in [-0.2, 0) is 0 Å².